The van der Waals surface area contributed by atoms with E-state index in [1.807, 2.05) is 0 Å². The highest BCUT2D eigenvalue weighted by Gasteiger charge is 2.47. The summed E-state index contributed by atoms with van der Waals surface area (Å²) in [6, 6.07) is 4.42. The highest BCUT2D eigenvalue weighted by Crippen LogP contribution is 2.29. The molecule has 0 radical (unpaired) electrons. The Labute approximate surface area is 157 Å². The van der Waals surface area contributed by atoms with Crippen LogP contribution in [-0.2, 0) is 17.5 Å². The molecule has 2 rings (SSSR count). The van der Waals surface area contributed by atoms with Crippen LogP contribution in [0.5, 0.6) is 0 Å². The minimum Gasteiger partial charge on any atom is -0.323 e. The maximum atomic E-state index is 12.7. The zero-order chi connectivity index (χ0) is 20.4. The van der Waals surface area contributed by atoms with Crippen molar-refractivity contribution in [3.8, 4) is 0 Å². The van der Waals surface area contributed by atoms with Gasteiger partial charge in [0.2, 0.25) is 0 Å². The third-order valence-electron chi connectivity index (χ3n) is 4.68. The highest BCUT2D eigenvalue weighted by molar-refractivity contribution is 6.06. The van der Waals surface area contributed by atoms with E-state index in [9.17, 15) is 22.8 Å². The van der Waals surface area contributed by atoms with Crippen molar-refractivity contribution in [1.29, 1.82) is 0 Å². The molecule has 1 saturated heterocycles. The van der Waals surface area contributed by atoms with Crippen LogP contribution in [0.3, 0.4) is 0 Å². The molecule has 0 aliphatic carbocycles. The Morgan fingerprint density at radius 2 is 1.78 bits per heavy atom. The van der Waals surface area contributed by atoms with Gasteiger partial charge in [0.1, 0.15) is 5.54 Å². The van der Waals surface area contributed by atoms with Crippen molar-refractivity contribution in [1.82, 2.24) is 15.1 Å². The number of halogens is 3. The second-order valence-electron chi connectivity index (χ2n) is 7.78. The largest absolute Gasteiger partial charge is 0.416 e. The molecule has 0 saturated carbocycles. The molecule has 8 heteroatoms. The van der Waals surface area contributed by atoms with Gasteiger partial charge in [-0.1, -0.05) is 26.0 Å². The Kier molecular flexibility index (Phi) is 6.19. The molecule has 1 N–H and O–H groups in total. The number of benzene rings is 1. The predicted molar refractivity (Wildman–Crippen MR) is 95.6 cm³/mol. The van der Waals surface area contributed by atoms with Crippen LogP contribution in [0.25, 0.3) is 0 Å². The van der Waals surface area contributed by atoms with Crippen LogP contribution in [0.4, 0.5) is 18.0 Å². The first-order valence-electron chi connectivity index (χ1n) is 8.91. The van der Waals surface area contributed by atoms with Crippen LogP contribution in [0.15, 0.2) is 24.3 Å². The number of carbonyl (C=O) groups is 2. The molecule has 150 valence electrons. The molecule has 1 aliphatic heterocycles. The molecule has 1 heterocycles. The third kappa shape index (κ3) is 5.22. The lowest BCUT2D eigenvalue weighted by Gasteiger charge is -2.25. The van der Waals surface area contributed by atoms with Crippen LogP contribution in [-0.4, -0.2) is 41.0 Å². The highest BCUT2D eigenvalue weighted by atomic mass is 19.4. The van der Waals surface area contributed by atoms with Crippen molar-refractivity contribution >= 4 is 11.9 Å². The lowest BCUT2D eigenvalue weighted by molar-refractivity contribution is -0.137. The second-order valence-corrected chi connectivity index (χ2v) is 7.78. The number of alkyl halides is 3. The number of urea groups is 1. The van der Waals surface area contributed by atoms with Crippen LogP contribution < -0.4 is 5.32 Å². The van der Waals surface area contributed by atoms with E-state index in [1.165, 1.54) is 12.1 Å². The SMILES string of the molecule is CC(C)CC[C@@]1(C)NC(=O)N(CN(C)Cc2ccc(C(F)(F)F)cc2)C1=O. The summed E-state index contributed by atoms with van der Waals surface area (Å²) >= 11 is 0. The molecule has 0 spiro atoms. The molecule has 1 aliphatic rings. The normalized spacial score (nSPS) is 20.7. The van der Waals surface area contributed by atoms with E-state index in [0.717, 1.165) is 23.5 Å². The molecule has 5 nitrogen and oxygen atoms in total. The van der Waals surface area contributed by atoms with Gasteiger partial charge in [-0.2, -0.15) is 13.2 Å². The Bertz CT molecular complexity index is 688. The first kappa shape index (κ1) is 21.2. The van der Waals surface area contributed by atoms with Gasteiger partial charge in [0, 0.05) is 6.54 Å². The molecule has 0 bridgehead atoms. The van der Waals surface area contributed by atoms with Gasteiger partial charge in [-0.05, 0) is 50.4 Å². The van der Waals surface area contributed by atoms with Crippen molar-refractivity contribution in [2.75, 3.05) is 13.7 Å². The summed E-state index contributed by atoms with van der Waals surface area (Å²) in [5, 5.41) is 2.76. The smallest absolute Gasteiger partial charge is 0.323 e. The summed E-state index contributed by atoms with van der Waals surface area (Å²) in [6.07, 6.45) is -2.99. The quantitative estimate of drug-likeness (QED) is 0.726. The molecule has 0 unspecified atom stereocenters. The lowest BCUT2D eigenvalue weighted by Crippen LogP contribution is -2.45. The number of amides is 3. The molecule has 1 atom stereocenters. The van der Waals surface area contributed by atoms with E-state index in [0.29, 0.717) is 24.4 Å². The standard InChI is InChI=1S/C19H26F3N3O2/c1-13(2)9-10-18(3)16(26)25(17(27)23-18)12-24(4)11-14-5-7-15(8-6-14)19(20,21)22/h5-8,13H,9-12H2,1-4H3,(H,23,27)/t18-/m1/s1. The maximum Gasteiger partial charge on any atom is 0.416 e. The Morgan fingerprint density at radius 1 is 1.19 bits per heavy atom. The number of rotatable bonds is 7. The van der Waals surface area contributed by atoms with Crippen molar-refractivity contribution in [3.05, 3.63) is 35.4 Å². The van der Waals surface area contributed by atoms with Crippen molar-refractivity contribution in [2.45, 2.75) is 51.9 Å². The molecule has 1 fully saturated rings. The minimum absolute atomic E-state index is 0.0724. The fourth-order valence-corrected chi connectivity index (χ4v) is 3.02. The third-order valence-corrected chi connectivity index (χ3v) is 4.68. The van der Waals surface area contributed by atoms with Crippen molar-refractivity contribution in [2.24, 2.45) is 5.92 Å². The Morgan fingerprint density at radius 3 is 2.30 bits per heavy atom. The average molecular weight is 385 g/mol. The van der Waals surface area contributed by atoms with Gasteiger partial charge < -0.3 is 5.32 Å². The average Bonchev–Trinajstić information content (AvgIpc) is 2.76. The van der Waals surface area contributed by atoms with Crippen LogP contribution in [0.1, 0.15) is 44.7 Å². The van der Waals surface area contributed by atoms with Gasteiger partial charge in [0.25, 0.3) is 5.91 Å². The summed E-state index contributed by atoms with van der Waals surface area (Å²) < 4.78 is 37.9. The molecule has 3 amide bonds. The van der Waals surface area contributed by atoms with E-state index in [-0.39, 0.29) is 12.6 Å². The predicted octanol–water partition coefficient (Wildman–Crippen LogP) is 3.84. The summed E-state index contributed by atoms with van der Waals surface area (Å²) in [4.78, 5) is 27.8. The molecule has 0 aromatic heterocycles. The van der Waals surface area contributed by atoms with E-state index in [1.54, 1.807) is 18.9 Å². The van der Waals surface area contributed by atoms with Crippen LogP contribution in [0, 0.1) is 5.92 Å². The first-order chi connectivity index (χ1) is 12.4. The summed E-state index contributed by atoms with van der Waals surface area (Å²) in [6.45, 7) is 6.23. The number of hydrogen-bond acceptors (Lipinski definition) is 3. The van der Waals surface area contributed by atoms with Crippen LogP contribution >= 0.6 is 0 Å². The number of nitrogens with zero attached hydrogens (tertiary/aromatic N) is 2. The molecule has 1 aromatic carbocycles. The molecular weight excluding hydrogens is 359 g/mol. The topological polar surface area (TPSA) is 52.7 Å². The maximum absolute atomic E-state index is 12.7. The number of nitrogens with one attached hydrogen (secondary N) is 1. The van der Waals surface area contributed by atoms with Gasteiger partial charge in [0.05, 0.1) is 12.2 Å². The first-order valence-corrected chi connectivity index (χ1v) is 8.91. The lowest BCUT2D eigenvalue weighted by atomic mass is 9.92. The minimum atomic E-state index is -4.37. The van der Waals surface area contributed by atoms with Crippen LogP contribution in [0.2, 0.25) is 0 Å². The molecule has 1 aromatic rings. The van der Waals surface area contributed by atoms with E-state index >= 15 is 0 Å². The van der Waals surface area contributed by atoms with E-state index in [2.05, 4.69) is 19.2 Å². The van der Waals surface area contributed by atoms with E-state index in [4.69, 9.17) is 0 Å². The van der Waals surface area contributed by atoms with Crippen molar-refractivity contribution < 1.29 is 22.8 Å². The molecular formula is C19H26F3N3O2. The van der Waals surface area contributed by atoms with Gasteiger partial charge in [-0.25, -0.2) is 9.69 Å². The number of carbonyl (C=O) groups excluding carboxylic acids is 2. The Hall–Kier alpha value is -2.09. The summed E-state index contributed by atoms with van der Waals surface area (Å²) in [7, 11) is 1.71. The second kappa shape index (κ2) is 7.88. The van der Waals surface area contributed by atoms with Crippen molar-refractivity contribution in [3.63, 3.8) is 0 Å². The number of hydrogen-bond donors (Lipinski definition) is 1. The zero-order valence-corrected chi connectivity index (χ0v) is 16.1. The van der Waals surface area contributed by atoms with Gasteiger partial charge in [-0.15, -0.1) is 0 Å². The molecule has 27 heavy (non-hydrogen) atoms. The van der Waals surface area contributed by atoms with Gasteiger partial charge >= 0.3 is 12.2 Å². The summed E-state index contributed by atoms with van der Waals surface area (Å²) in [5.74, 6) is 0.148. The fraction of sp³-hybridized carbons (Fsp3) is 0.579. The fourth-order valence-electron chi connectivity index (χ4n) is 3.02. The number of imide groups is 1. The summed E-state index contributed by atoms with van der Waals surface area (Å²) in [5.41, 5.74) is -0.944. The Balaban J connectivity index is 1.98. The van der Waals surface area contributed by atoms with Gasteiger partial charge in [0.15, 0.2) is 0 Å². The van der Waals surface area contributed by atoms with Gasteiger partial charge in [-0.3, -0.25) is 9.69 Å². The van der Waals surface area contributed by atoms with E-state index < -0.39 is 23.3 Å². The zero-order valence-electron chi connectivity index (χ0n) is 16.1. The monoisotopic (exact) mass is 385 g/mol.